The van der Waals surface area contributed by atoms with Gasteiger partial charge in [0.25, 0.3) is 0 Å². The molecule has 9 heteroatoms. The molecule has 1 aliphatic carbocycles. The number of nitrogens with zero attached hydrogens (tertiary/aromatic N) is 2. The topological polar surface area (TPSA) is 78.0 Å². The summed E-state index contributed by atoms with van der Waals surface area (Å²) in [6, 6.07) is 7.78. The third-order valence-corrected chi connectivity index (χ3v) is 9.62. The van der Waals surface area contributed by atoms with E-state index >= 15 is 0 Å². The number of methoxy groups -OCH3 is 1. The largest absolute Gasteiger partial charge is 0.497 e. The maximum Gasteiger partial charge on any atom is 0.230 e. The monoisotopic (exact) mass is 526 g/mol. The van der Waals surface area contributed by atoms with Crippen LogP contribution in [0.2, 0.25) is 5.02 Å². The number of carbonyl (C=O) groups is 2. The van der Waals surface area contributed by atoms with Crippen molar-refractivity contribution in [3.63, 3.8) is 0 Å². The lowest BCUT2D eigenvalue weighted by molar-refractivity contribution is -0.208. The first-order valence-electron chi connectivity index (χ1n) is 12.2. The van der Waals surface area contributed by atoms with Crippen molar-refractivity contribution in [3.05, 3.63) is 45.4 Å². The maximum atomic E-state index is 12.4. The normalized spacial score (nSPS) is 20.5. The standard InChI is InChI=1S/C27H27ClN2O5S/c1-26(2)24-17(10-11-27(26)34-12-13-35-27)22-21(15-4-6-16(33-3)7-5-15)23(28)18(29-25(22)36-24)14-30-19(31)8-9-20(30)32/h4-7H,8-14H2,1-3H3. The van der Waals surface area contributed by atoms with E-state index in [9.17, 15) is 9.59 Å². The zero-order valence-corrected chi connectivity index (χ0v) is 22.1. The molecule has 0 unspecified atom stereocenters. The van der Waals surface area contributed by atoms with Crippen molar-refractivity contribution in [2.45, 2.75) is 57.3 Å². The molecule has 3 aromatic rings. The van der Waals surface area contributed by atoms with Gasteiger partial charge in [-0.15, -0.1) is 11.3 Å². The van der Waals surface area contributed by atoms with Crippen molar-refractivity contribution >= 4 is 45.0 Å². The summed E-state index contributed by atoms with van der Waals surface area (Å²) in [6.07, 6.45) is 1.99. The summed E-state index contributed by atoms with van der Waals surface area (Å²) in [7, 11) is 1.63. The van der Waals surface area contributed by atoms with Gasteiger partial charge >= 0.3 is 0 Å². The first-order valence-corrected chi connectivity index (χ1v) is 13.3. The van der Waals surface area contributed by atoms with E-state index in [2.05, 4.69) is 13.8 Å². The molecular formula is C27H27ClN2O5S. The number of aromatic nitrogens is 1. The number of rotatable bonds is 4. The van der Waals surface area contributed by atoms with Crippen molar-refractivity contribution < 1.29 is 23.8 Å². The number of aryl methyl sites for hydroxylation is 1. The predicted octanol–water partition coefficient (Wildman–Crippen LogP) is 5.24. The van der Waals surface area contributed by atoms with E-state index in [1.165, 1.54) is 15.3 Å². The fourth-order valence-corrected chi connectivity index (χ4v) is 7.50. The predicted molar refractivity (Wildman–Crippen MR) is 137 cm³/mol. The molecule has 2 aromatic heterocycles. The SMILES string of the molecule is COc1ccc(-c2c(Cl)c(CN3C(=O)CCC3=O)nc3sc4c(c23)CCC2(OCCO2)C4(C)C)cc1. The van der Waals surface area contributed by atoms with Crippen molar-refractivity contribution in [2.75, 3.05) is 20.3 Å². The lowest BCUT2D eigenvalue weighted by Crippen LogP contribution is -2.51. The quantitative estimate of drug-likeness (QED) is 0.433. The van der Waals surface area contributed by atoms with Crippen LogP contribution in [0.5, 0.6) is 5.75 Å². The minimum atomic E-state index is -0.651. The second-order valence-electron chi connectivity index (χ2n) is 10.0. The van der Waals surface area contributed by atoms with Crippen LogP contribution in [0.3, 0.4) is 0 Å². The van der Waals surface area contributed by atoms with Crippen LogP contribution in [0.4, 0.5) is 0 Å². The Morgan fingerprint density at radius 1 is 1.08 bits per heavy atom. The Morgan fingerprint density at radius 3 is 2.39 bits per heavy atom. The first kappa shape index (κ1) is 23.9. The van der Waals surface area contributed by atoms with Crippen molar-refractivity contribution in [1.29, 1.82) is 0 Å². The van der Waals surface area contributed by atoms with Gasteiger partial charge in [0.1, 0.15) is 10.6 Å². The van der Waals surface area contributed by atoms with Crippen molar-refractivity contribution in [2.24, 2.45) is 0 Å². The zero-order valence-electron chi connectivity index (χ0n) is 20.5. The van der Waals surface area contributed by atoms with Crippen LogP contribution in [-0.2, 0) is 37.4 Å². The number of hydrogen-bond donors (Lipinski definition) is 0. The van der Waals surface area contributed by atoms with Gasteiger partial charge in [0.2, 0.25) is 11.8 Å². The summed E-state index contributed by atoms with van der Waals surface area (Å²) in [4.78, 5) is 33.0. The summed E-state index contributed by atoms with van der Waals surface area (Å²) < 4.78 is 17.7. The summed E-state index contributed by atoms with van der Waals surface area (Å²) in [5.74, 6) is -0.275. The lowest BCUT2D eigenvalue weighted by Gasteiger charge is -2.45. The molecule has 36 heavy (non-hydrogen) atoms. The molecule has 0 radical (unpaired) electrons. The molecule has 2 amide bonds. The van der Waals surface area contributed by atoms with Gasteiger partial charge in [-0.3, -0.25) is 14.5 Å². The smallest absolute Gasteiger partial charge is 0.230 e. The highest BCUT2D eigenvalue weighted by molar-refractivity contribution is 7.19. The van der Waals surface area contributed by atoms with Crippen LogP contribution < -0.4 is 4.74 Å². The van der Waals surface area contributed by atoms with E-state index in [1.807, 2.05) is 24.3 Å². The number of carbonyl (C=O) groups excluding carboxylic acids is 2. The van der Waals surface area contributed by atoms with E-state index in [0.717, 1.165) is 39.9 Å². The number of imide groups is 1. The Kier molecular flexibility index (Phi) is 5.64. The summed E-state index contributed by atoms with van der Waals surface area (Å²) in [5.41, 5.74) is 3.16. The highest BCUT2D eigenvalue weighted by Crippen LogP contribution is 2.55. The maximum absolute atomic E-state index is 12.4. The average Bonchev–Trinajstić information content (AvgIpc) is 3.58. The number of likely N-dealkylation sites (tertiary alicyclic amines) is 1. The van der Waals surface area contributed by atoms with Gasteiger partial charge in [-0.05, 0) is 43.5 Å². The van der Waals surface area contributed by atoms with Crippen LogP contribution in [0.1, 0.15) is 49.2 Å². The van der Waals surface area contributed by atoms with E-state index in [4.69, 9.17) is 30.8 Å². The number of ether oxygens (including phenoxy) is 3. The summed E-state index contributed by atoms with van der Waals surface area (Å²) >= 11 is 8.70. The van der Waals surface area contributed by atoms with Gasteiger partial charge in [-0.25, -0.2) is 4.98 Å². The Labute approximate surface area is 218 Å². The molecule has 0 N–H and O–H groups in total. The van der Waals surface area contributed by atoms with Gasteiger partial charge in [0.15, 0.2) is 5.79 Å². The second kappa shape index (κ2) is 8.52. The highest BCUT2D eigenvalue weighted by atomic mass is 35.5. The average molecular weight is 527 g/mol. The molecular weight excluding hydrogens is 500 g/mol. The number of fused-ring (bicyclic) bond motifs is 3. The van der Waals surface area contributed by atoms with Gasteiger partial charge in [-0.1, -0.05) is 23.7 Å². The summed E-state index contributed by atoms with van der Waals surface area (Å²) in [5, 5.41) is 1.49. The van der Waals surface area contributed by atoms with Crippen LogP contribution in [0, 0.1) is 0 Å². The molecule has 0 saturated carbocycles. The Bertz CT molecular complexity index is 1380. The molecule has 6 rings (SSSR count). The van der Waals surface area contributed by atoms with Crippen LogP contribution in [0.25, 0.3) is 21.3 Å². The Morgan fingerprint density at radius 2 is 1.75 bits per heavy atom. The number of benzene rings is 1. The number of hydrogen-bond acceptors (Lipinski definition) is 7. The first-order chi connectivity index (χ1) is 17.3. The number of thiophene rings is 1. The third-order valence-electron chi connectivity index (χ3n) is 7.77. The minimum Gasteiger partial charge on any atom is -0.497 e. The van der Waals surface area contributed by atoms with Crippen molar-refractivity contribution in [1.82, 2.24) is 9.88 Å². The van der Waals surface area contributed by atoms with Crippen molar-refractivity contribution in [3.8, 4) is 16.9 Å². The molecule has 1 aromatic carbocycles. The zero-order chi connectivity index (χ0) is 25.2. The minimum absolute atomic E-state index is 0.0672. The fraction of sp³-hybridized carbons (Fsp3) is 0.444. The second-order valence-corrected chi connectivity index (χ2v) is 11.4. The molecule has 4 heterocycles. The van der Waals surface area contributed by atoms with E-state index in [1.54, 1.807) is 18.4 Å². The van der Waals surface area contributed by atoms with Crippen LogP contribution >= 0.6 is 22.9 Å². The summed E-state index contributed by atoms with van der Waals surface area (Å²) in [6.45, 7) is 5.59. The lowest BCUT2D eigenvalue weighted by atomic mass is 9.72. The molecule has 2 fully saturated rings. The molecule has 0 atom stereocenters. The highest BCUT2D eigenvalue weighted by Gasteiger charge is 2.55. The van der Waals surface area contributed by atoms with E-state index in [-0.39, 0.29) is 36.6 Å². The molecule has 0 bridgehead atoms. The fourth-order valence-electron chi connectivity index (χ4n) is 5.77. The Balaban J connectivity index is 1.57. The van der Waals surface area contributed by atoms with Gasteiger partial charge < -0.3 is 14.2 Å². The van der Waals surface area contributed by atoms with Gasteiger partial charge in [0, 0.05) is 35.1 Å². The van der Waals surface area contributed by atoms with Crippen LogP contribution in [0.15, 0.2) is 24.3 Å². The van der Waals surface area contributed by atoms with E-state index in [0.29, 0.717) is 23.9 Å². The molecule has 1 spiro atoms. The molecule has 3 aliphatic rings. The van der Waals surface area contributed by atoms with E-state index < -0.39 is 5.79 Å². The number of amides is 2. The third kappa shape index (κ3) is 3.42. The number of halogens is 1. The Hall–Kier alpha value is -2.52. The molecule has 7 nitrogen and oxygen atoms in total. The molecule has 2 saturated heterocycles. The number of pyridine rings is 1. The van der Waals surface area contributed by atoms with Gasteiger partial charge in [-0.2, -0.15) is 0 Å². The molecule has 188 valence electrons. The molecule has 2 aliphatic heterocycles. The van der Waals surface area contributed by atoms with Gasteiger partial charge in [0.05, 0.1) is 43.0 Å². The van der Waals surface area contributed by atoms with Crippen LogP contribution in [-0.4, -0.2) is 47.8 Å².